The first-order valence-corrected chi connectivity index (χ1v) is 7.26. The van der Waals surface area contributed by atoms with Gasteiger partial charge in [-0.1, -0.05) is 15.9 Å². The number of anilines is 1. The topological polar surface area (TPSA) is 64.6 Å². The second-order valence-electron chi connectivity index (χ2n) is 3.26. The predicted octanol–water partition coefficient (Wildman–Crippen LogP) is 1.85. The Bertz CT molecular complexity index is 475. The molecule has 1 aromatic carbocycles. The van der Waals surface area contributed by atoms with Crippen LogP contribution in [0.2, 0.25) is 0 Å². The summed E-state index contributed by atoms with van der Waals surface area (Å²) in [4.78, 5) is 0. The van der Waals surface area contributed by atoms with Crippen molar-refractivity contribution in [2.24, 2.45) is 0 Å². The third-order valence-electron chi connectivity index (χ3n) is 1.98. The number of rotatable bonds is 6. The molecule has 0 radical (unpaired) electrons. The first-order chi connectivity index (χ1) is 7.98. The highest BCUT2D eigenvalue weighted by Gasteiger charge is 2.13. The van der Waals surface area contributed by atoms with Gasteiger partial charge in [0.25, 0.3) is 0 Å². The zero-order valence-electron chi connectivity index (χ0n) is 9.57. The molecule has 1 rings (SSSR count). The van der Waals surface area contributed by atoms with E-state index in [1.807, 2.05) is 0 Å². The summed E-state index contributed by atoms with van der Waals surface area (Å²) in [6.45, 7) is 0.144. The molecule has 96 valence electrons. The van der Waals surface area contributed by atoms with Gasteiger partial charge in [-0.25, -0.2) is 8.42 Å². The molecule has 17 heavy (non-hydrogen) atoms. The molecule has 0 aromatic heterocycles. The fourth-order valence-electron chi connectivity index (χ4n) is 1.17. The molecule has 0 aliphatic carbocycles. The number of nitrogens with one attached hydrogen (secondary N) is 1. The molecule has 0 aliphatic rings. The third kappa shape index (κ3) is 4.53. The number of benzene rings is 1. The van der Waals surface area contributed by atoms with Crippen molar-refractivity contribution in [3.8, 4) is 5.75 Å². The molecule has 0 saturated carbocycles. The van der Waals surface area contributed by atoms with Crippen LogP contribution in [0.15, 0.2) is 22.7 Å². The molecule has 0 amide bonds. The summed E-state index contributed by atoms with van der Waals surface area (Å²) in [6, 6.07) is 5.09. The summed E-state index contributed by atoms with van der Waals surface area (Å²) in [7, 11) is -0.486. The molecule has 0 aliphatic heterocycles. The van der Waals surface area contributed by atoms with Crippen molar-refractivity contribution in [3.05, 3.63) is 22.7 Å². The van der Waals surface area contributed by atoms with E-state index >= 15 is 0 Å². The molecule has 0 unspecified atom stereocenters. The smallest absolute Gasteiger partial charge is 0.235 e. The van der Waals surface area contributed by atoms with Gasteiger partial charge in [-0.15, -0.1) is 0 Å². The molecule has 7 heteroatoms. The Morgan fingerprint density at radius 3 is 2.65 bits per heavy atom. The Kier molecular flexibility index (Phi) is 5.23. The Morgan fingerprint density at radius 2 is 2.06 bits per heavy atom. The highest BCUT2D eigenvalue weighted by atomic mass is 79.9. The minimum atomic E-state index is -3.42. The largest absolute Gasteiger partial charge is 0.495 e. The van der Waals surface area contributed by atoms with E-state index in [1.54, 1.807) is 18.2 Å². The van der Waals surface area contributed by atoms with E-state index < -0.39 is 10.0 Å². The normalized spacial score (nSPS) is 11.2. The van der Waals surface area contributed by atoms with E-state index in [1.165, 1.54) is 14.2 Å². The van der Waals surface area contributed by atoms with Crippen LogP contribution in [0.25, 0.3) is 0 Å². The number of hydrogen-bond acceptors (Lipinski definition) is 4. The van der Waals surface area contributed by atoms with Crippen LogP contribution in [-0.4, -0.2) is 35.0 Å². The van der Waals surface area contributed by atoms with Crippen LogP contribution in [0.3, 0.4) is 0 Å². The summed E-state index contributed by atoms with van der Waals surface area (Å²) in [5.41, 5.74) is 0.401. The van der Waals surface area contributed by atoms with Crippen molar-refractivity contribution >= 4 is 31.6 Å². The first-order valence-electron chi connectivity index (χ1n) is 4.81. The highest BCUT2D eigenvalue weighted by Crippen LogP contribution is 2.28. The first kappa shape index (κ1) is 14.3. The summed E-state index contributed by atoms with van der Waals surface area (Å²) in [5.74, 6) is 0.369. The van der Waals surface area contributed by atoms with Gasteiger partial charge in [0.15, 0.2) is 0 Å². The average Bonchev–Trinajstić information content (AvgIpc) is 2.26. The lowest BCUT2D eigenvalue weighted by atomic mass is 10.3. The SMILES string of the molecule is COCCS(=O)(=O)Nc1cc(Br)ccc1OC. The number of methoxy groups -OCH3 is 2. The van der Waals surface area contributed by atoms with Crippen molar-refractivity contribution in [1.29, 1.82) is 0 Å². The summed E-state index contributed by atoms with van der Waals surface area (Å²) in [5, 5.41) is 0. The van der Waals surface area contributed by atoms with Crippen molar-refractivity contribution < 1.29 is 17.9 Å². The molecule has 0 atom stereocenters. The van der Waals surface area contributed by atoms with E-state index in [0.717, 1.165) is 4.47 Å². The van der Waals surface area contributed by atoms with Crippen LogP contribution in [0, 0.1) is 0 Å². The monoisotopic (exact) mass is 323 g/mol. The maximum Gasteiger partial charge on any atom is 0.235 e. The van der Waals surface area contributed by atoms with Gasteiger partial charge in [-0.05, 0) is 18.2 Å². The fraction of sp³-hybridized carbons (Fsp3) is 0.400. The standard InChI is InChI=1S/C10H14BrNO4S/c1-15-5-6-17(13,14)12-9-7-8(11)3-4-10(9)16-2/h3-4,7,12H,5-6H2,1-2H3. The Hall–Kier alpha value is -0.790. The van der Waals surface area contributed by atoms with Gasteiger partial charge in [0, 0.05) is 11.6 Å². The number of ether oxygens (including phenoxy) is 2. The summed E-state index contributed by atoms with van der Waals surface area (Å²) >= 11 is 3.27. The maximum absolute atomic E-state index is 11.7. The highest BCUT2D eigenvalue weighted by molar-refractivity contribution is 9.10. The molecule has 0 fully saturated rings. The second kappa shape index (κ2) is 6.23. The lowest BCUT2D eigenvalue weighted by molar-refractivity contribution is 0.217. The van der Waals surface area contributed by atoms with Crippen molar-refractivity contribution in [1.82, 2.24) is 0 Å². The van der Waals surface area contributed by atoms with Gasteiger partial charge in [0.1, 0.15) is 5.75 Å². The van der Waals surface area contributed by atoms with Crippen LogP contribution in [0.5, 0.6) is 5.75 Å². The third-order valence-corrected chi connectivity index (χ3v) is 3.71. The van der Waals surface area contributed by atoms with Gasteiger partial charge >= 0.3 is 0 Å². The van der Waals surface area contributed by atoms with Crippen LogP contribution in [-0.2, 0) is 14.8 Å². The van der Waals surface area contributed by atoms with Crippen LogP contribution < -0.4 is 9.46 Å². The van der Waals surface area contributed by atoms with Gasteiger partial charge < -0.3 is 9.47 Å². The number of hydrogen-bond donors (Lipinski definition) is 1. The van der Waals surface area contributed by atoms with Gasteiger partial charge in [-0.2, -0.15) is 0 Å². The molecule has 5 nitrogen and oxygen atoms in total. The van der Waals surface area contributed by atoms with E-state index in [0.29, 0.717) is 11.4 Å². The van der Waals surface area contributed by atoms with Crippen LogP contribution >= 0.6 is 15.9 Å². The molecule has 0 spiro atoms. The lowest BCUT2D eigenvalue weighted by Crippen LogP contribution is -2.20. The Morgan fingerprint density at radius 1 is 1.35 bits per heavy atom. The van der Waals surface area contributed by atoms with Crippen molar-refractivity contribution in [3.63, 3.8) is 0 Å². The second-order valence-corrected chi connectivity index (χ2v) is 6.02. The average molecular weight is 324 g/mol. The number of sulfonamides is 1. The molecular weight excluding hydrogens is 310 g/mol. The van der Waals surface area contributed by atoms with Gasteiger partial charge in [0.05, 0.1) is 25.2 Å². The zero-order valence-corrected chi connectivity index (χ0v) is 12.0. The quantitative estimate of drug-likeness (QED) is 0.867. The summed E-state index contributed by atoms with van der Waals surface area (Å²) in [6.07, 6.45) is 0. The molecule has 1 aromatic rings. The fourth-order valence-corrected chi connectivity index (χ4v) is 2.52. The van der Waals surface area contributed by atoms with E-state index in [4.69, 9.17) is 9.47 Å². The van der Waals surface area contributed by atoms with Crippen molar-refractivity contribution in [2.45, 2.75) is 0 Å². The number of halogens is 1. The minimum absolute atomic E-state index is 0.0980. The molecule has 0 heterocycles. The molecular formula is C10H14BrNO4S. The maximum atomic E-state index is 11.7. The van der Waals surface area contributed by atoms with Crippen LogP contribution in [0.1, 0.15) is 0 Å². The van der Waals surface area contributed by atoms with Gasteiger partial charge in [-0.3, -0.25) is 4.72 Å². The van der Waals surface area contributed by atoms with E-state index in [9.17, 15) is 8.42 Å². The predicted molar refractivity (Wildman–Crippen MR) is 70.0 cm³/mol. The van der Waals surface area contributed by atoms with Crippen molar-refractivity contribution in [2.75, 3.05) is 31.3 Å². The zero-order chi connectivity index (χ0) is 12.9. The Balaban J connectivity index is 2.90. The molecule has 0 saturated heterocycles. The molecule has 1 N–H and O–H groups in total. The lowest BCUT2D eigenvalue weighted by Gasteiger charge is -2.11. The van der Waals surface area contributed by atoms with Gasteiger partial charge in [0.2, 0.25) is 10.0 Å². The minimum Gasteiger partial charge on any atom is -0.495 e. The Labute approximate surface area is 109 Å². The van der Waals surface area contributed by atoms with E-state index in [-0.39, 0.29) is 12.4 Å². The molecule has 0 bridgehead atoms. The van der Waals surface area contributed by atoms with Crippen LogP contribution in [0.4, 0.5) is 5.69 Å². The van der Waals surface area contributed by atoms with E-state index in [2.05, 4.69) is 20.7 Å². The summed E-state index contributed by atoms with van der Waals surface area (Å²) < 4.78 is 36.4.